The first-order valence-corrected chi connectivity index (χ1v) is 10.0. The maximum absolute atomic E-state index is 12.2. The number of hydrogen-bond donors (Lipinski definition) is 2. The van der Waals surface area contributed by atoms with Gasteiger partial charge >= 0.3 is 0 Å². The van der Waals surface area contributed by atoms with E-state index >= 15 is 0 Å². The summed E-state index contributed by atoms with van der Waals surface area (Å²) in [5.74, 6) is 1.14. The maximum Gasteiger partial charge on any atom is 0.236 e. The second kappa shape index (κ2) is 9.94. The number of aliphatic hydroxyl groups excluding tert-OH is 1. The standard InChI is InChI=1S/C19H29N3O3S/c1-14-6-4-5-7-15(14)12-26-13-18(24)20-16-8-9-22(10-17(16)23)11-19(25)21(2)3/h4-7,16-17,23H,8-13H2,1-3H3,(H,20,24). The van der Waals surface area contributed by atoms with Gasteiger partial charge in [0.05, 0.1) is 24.4 Å². The van der Waals surface area contributed by atoms with E-state index in [0.29, 0.717) is 31.8 Å². The van der Waals surface area contributed by atoms with Gasteiger partial charge in [-0.25, -0.2) is 0 Å². The highest BCUT2D eigenvalue weighted by Crippen LogP contribution is 2.16. The quantitative estimate of drug-likeness (QED) is 0.735. The number of likely N-dealkylation sites (N-methyl/N-ethyl adjacent to an activating group) is 1. The maximum atomic E-state index is 12.2. The number of benzene rings is 1. The fourth-order valence-electron chi connectivity index (χ4n) is 2.92. The lowest BCUT2D eigenvalue weighted by Gasteiger charge is -2.36. The summed E-state index contributed by atoms with van der Waals surface area (Å²) in [6.07, 6.45) is -0.000162. The van der Waals surface area contributed by atoms with Crippen molar-refractivity contribution in [1.82, 2.24) is 15.1 Å². The first-order chi connectivity index (χ1) is 12.4. The number of hydrogen-bond acceptors (Lipinski definition) is 5. The largest absolute Gasteiger partial charge is 0.390 e. The number of likely N-dealkylation sites (tertiary alicyclic amines) is 1. The van der Waals surface area contributed by atoms with Crippen LogP contribution in [0.4, 0.5) is 0 Å². The van der Waals surface area contributed by atoms with E-state index in [2.05, 4.69) is 24.4 Å². The molecule has 1 heterocycles. The zero-order valence-corrected chi connectivity index (χ0v) is 16.6. The average Bonchev–Trinajstić information content (AvgIpc) is 2.59. The first kappa shape index (κ1) is 20.7. The van der Waals surface area contributed by atoms with Crippen molar-refractivity contribution in [3.8, 4) is 0 Å². The molecule has 0 spiro atoms. The van der Waals surface area contributed by atoms with Crippen LogP contribution in [0, 0.1) is 6.92 Å². The van der Waals surface area contributed by atoms with Gasteiger partial charge in [0.15, 0.2) is 0 Å². The summed E-state index contributed by atoms with van der Waals surface area (Å²) in [6, 6.07) is 7.92. The Morgan fingerprint density at radius 1 is 1.35 bits per heavy atom. The average molecular weight is 380 g/mol. The molecular formula is C19H29N3O3S. The van der Waals surface area contributed by atoms with Crippen molar-refractivity contribution in [3.05, 3.63) is 35.4 Å². The Morgan fingerprint density at radius 2 is 2.08 bits per heavy atom. The third-order valence-electron chi connectivity index (χ3n) is 4.62. The van der Waals surface area contributed by atoms with E-state index in [0.717, 1.165) is 5.75 Å². The van der Waals surface area contributed by atoms with Crippen LogP contribution in [0.1, 0.15) is 17.5 Å². The topological polar surface area (TPSA) is 72.9 Å². The minimum Gasteiger partial charge on any atom is -0.390 e. The van der Waals surface area contributed by atoms with Crippen LogP contribution >= 0.6 is 11.8 Å². The van der Waals surface area contributed by atoms with Gasteiger partial charge in [0, 0.05) is 32.9 Å². The van der Waals surface area contributed by atoms with Crippen LogP contribution < -0.4 is 5.32 Å². The first-order valence-electron chi connectivity index (χ1n) is 8.89. The third-order valence-corrected chi connectivity index (χ3v) is 5.60. The number of carbonyl (C=O) groups is 2. The van der Waals surface area contributed by atoms with Crippen molar-refractivity contribution < 1.29 is 14.7 Å². The molecule has 1 fully saturated rings. The molecular weight excluding hydrogens is 350 g/mol. The Morgan fingerprint density at radius 3 is 2.73 bits per heavy atom. The molecule has 0 saturated carbocycles. The Labute approximate surface area is 159 Å². The third kappa shape index (κ3) is 6.30. The Kier molecular flexibility index (Phi) is 7.93. The molecule has 1 saturated heterocycles. The number of piperidine rings is 1. The summed E-state index contributed by atoms with van der Waals surface area (Å²) in [5.41, 5.74) is 2.47. The van der Waals surface area contributed by atoms with Gasteiger partial charge in [-0.1, -0.05) is 24.3 Å². The number of aliphatic hydroxyl groups is 1. The molecule has 26 heavy (non-hydrogen) atoms. The number of nitrogens with zero attached hydrogens (tertiary/aromatic N) is 2. The van der Waals surface area contributed by atoms with Crippen LogP contribution in [-0.2, 0) is 15.3 Å². The molecule has 0 aliphatic carbocycles. The molecule has 6 nitrogen and oxygen atoms in total. The fourth-order valence-corrected chi connectivity index (χ4v) is 3.83. The van der Waals surface area contributed by atoms with Crippen molar-refractivity contribution in [3.63, 3.8) is 0 Å². The predicted molar refractivity (Wildman–Crippen MR) is 105 cm³/mol. The van der Waals surface area contributed by atoms with Crippen LogP contribution in [0.25, 0.3) is 0 Å². The fraction of sp³-hybridized carbons (Fsp3) is 0.579. The highest BCUT2D eigenvalue weighted by molar-refractivity contribution is 7.99. The second-order valence-electron chi connectivity index (χ2n) is 6.97. The molecule has 7 heteroatoms. The molecule has 144 valence electrons. The van der Waals surface area contributed by atoms with Crippen molar-refractivity contribution >= 4 is 23.6 Å². The minimum atomic E-state index is -0.649. The lowest BCUT2D eigenvalue weighted by molar-refractivity contribution is -0.131. The summed E-state index contributed by atoms with van der Waals surface area (Å²) in [7, 11) is 3.45. The smallest absolute Gasteiger partial charge is 0.236 e. The van der Waals surface area contributed by atoms with Crippen molar-refractivity contribution in [1.29, 1.82) is 0 Å². The minimum absolute atomic E-state index is 0.0206. The van der Waals surface area contributed by atoms with Gasteiger partial charge in [-0.3, -0.25) is 14.5 Å². The lowest BCUT2D eigenvalue weighted by Crippen LogP contribution is -2.55. The number of amides is 2. The van der Waals surface area contributed by atoms with E-state index < -0.39 is 6.10 Å². The number of aryl methyl sites for hydroxylation is 1. The summed E-state index contributed by atoms with van der Waals surface area (Å²) >= 11 is 1.58. The van der Waals surface area contributed by atoms with Crippen molar-refractivity contribution in [2.75, 3.05) is 39.5 Å². The van der Waals surface area contributed by atoms with E-state index in [1.54, 1.807) is 30.8 Å². The van der Waals surface area contributed by atoms with Crippen LogP contribution in [-0.4, -0.2) is 78.3 Å². The van der Waals surface area contributed by atoms with E-state index in [-0.39, 0.29) is 17.9 Å². The normalized spacial score (nSPS) is 20.6. The zero-order valence-electron chi connectivity index (χ0n) is 15.8. The van der Waals surface area contributed by atoms with Gasteiger partial charge in [0.2, 0.25) is 11.8 Å². The van der Waals surface area contributed by atoms with E-state index in [1.165, 1.54) is 11.1 Å². The number of thioether (sulfide) groups is 1. The number of rotatable bonds is 7. The highest BCUT2D eigenvalue weighted by atomic mass is 32.2. The highest BCUT2D eigenvalue weighted by Gasteiger charge is 2.29. The van der Waals surface area contributed by atoms with Crippen LogP contribution in [0.5, 0.6) is 0 Å². The number of carbonyl (C=O) groups excluding carboxylic acids is 2. The van der Waals surface area contributed by atoms with Gasteiger partial charge in [-0.15, -0.1) is 11.8 Å². The molecule has 1 aliphatic heterocycles. The molecule has 2 atom stereocenters. The van der Waals surface area contributed by atoms with Crippen LogP contribution in [0.2, 0.25) is 0 Å². The summed E-state index contributed by atoms with van der Waals surface area (Å²) in [6.45, 7) is 3.47. The molecule has 0 aromatic heterocycles. The molecule has 1 aromatic carbocycles. The Bertz CT molecular complexity index is 624. The van der Waals surface area contributed by atoms with E-state index in [4.69, 9.17) is 0 Å². The van der Waals surface area contributed by atoms with Gasteiger partial charge < -0.3 is 15.3 Å². The number of nitrogens with one attached hydrogen (secondary N) is 1. The van der Waals surface area contributed by atoms with Gasteiger partial charge in [0.25, 0.3) is 0 Å². The lowest BCUT2D eigenvalue weighted by atomic mass is 10.0. The SMILES string of the molecule is Cc1ccccc1CSCC(=O)NC1CCN(CC(=O)N(C)C)CC1O. The molecule has 2 N–H and O–H groups in total. The molecule has 2 amide bonds. The molecule has 2 rings (SSSR count). The van der Waals surface area contributed by atoms with Crippen molar-refractivity contribution in [2.45, 2.75) is 31.2 Å². The Balaban J connectivity index is 1.71. The molecule has 2 unspecified atom stereocenters. The van der Waals surface area contributed by atoms with Gasteiger partial charge in [0.1, 0.15) is 0 Å². The monoisotopic (exact) mass is 379 g/mol. The summed E-state index contributed by atoms with van der Waals surface area (Å²) < 4.78 is 0. The number of β-amino-alcohol motifs (C(OH)–C–C–N with tert-alkyl or cyclic N) is 1. The molecule has 0 radical (unpaired) electrons. The van der Waals surface area contributed by atoms with Crippen LogP contribution in [0.15, 0.2) is 24.3 Å². The predicted octanol–water partition coefficient (Wildman–Crippen LogP) is 0.868. The van der Waals surface area contributed by atoms with E-state index in [1.807, 2.05) is 17.0 Å². The van der Waals surface area contributed by atoms with Gasteiger partial charge in [-0.2, -0.15) is 0 Å². The second-order valence-corrected chi connectivity index (χ2v) is 7.96. The van der Waals surface area contributed by atoms with Crippen LogP contribution in [0.3, 0.4) is 0 Å². The molecule has 0 bridgehead atoms. The summed E-state index contributed by atoms with van der Waals surface area (Å²) in [5, 5.41) is 13.2. The van der Waals surface area contributed by atoms with E-state index in [9.17, 15) is 14.7 Å². The molecule has 1 aliphatic rings. The van der Waals surface area contributed by atoms with Gasteiger partial charge in [-0.05, 0) is 24.5 Å². The summed E-state index contributed by atoms with van der Waals surface area (Å²) in [4.78, 5) is 27.4. The Hall–Kier alpha value is -1.57. The molecule has 1 aromatic rings. The zero-order chi connectivity index (χ0) is 19.1. The van der Waals surface area contributed by atoms with Crippen molar-refractivity contribution in [2.24, 2.45) is 0 Å².